The van der Waals surface area contributed by atoms with Gasteiger partial charge in [-0.05, 0) is 52.8 Å². The zero-order valence-corrected chi connectivity index (χ0v) is 27.2. The number of carbonyl (C=O) groups excluding carboxylic acids is 2. The maximum Gasteiger partial charge on any atom is 0.243 e. The summed E-state index contributed by atoms with van der Waals surface area (Å²) in [6, 6.07) is 24.1. The smallest absolute Gasteiger partial charge is 0.243 e. The van der Waals surface area contributed by atoms with Gasteiger partial charge in [0.25, 0.3) is 0 Å². The lowest BCUT2D eigenvalue weighted by Crippen LogP contribution is -2.31. The van der Waals surface area contributed by atoms with Crippen LogP contribution in [0, 0.1) is 0 Å². The van der Waals surface area contributed by atoms with Crippen molar-refractivity contribution >= 4 is 23.6 Å². The first-order valence-corrected chi connectivity index (χ1v) is 16.8. The van der Waals surface area contributed by atoms with Crippen LogP contribution in [0.25, 0.3) is 11.1 Å². The number of aliphatic hydroxyl groups is 1. The number of aliphatic hydroxyl groups excluding tert-OH is 1. The summed E-state index contributed by atoms with van der Waals surface area (Å²) < 4.78 is 15.0. The maximum absolute atomic E-state index is 12.4. The van der Waals surface area contributed by atoms with Gasteiger partial charge in [0, 0.05) is 44.2 Å². The number of hydrogen-bond acceptors (Lipinski definition) is 9. The van der Waals surface area contributed by atoms with Gasteiger partial charge < -0.3 is 24.5 Å². The number of ether oxygens (including phenoxy) is 2. The van der Waals surface area contributed by atoms with Crippen molar-refractivity contribution in [1.29, 1.82) is 0 Å². The van der Waals surface area contributed by atoms with Crippen molar-refractivity contribution in [2.45, 2.75) is 75.3 Å². The van der Waals surface area contributed by atoms with Crippen molar-refractivity contribution in [2.24, 2.45) is 7.05 Å². The van der Waals surface area contributed by atoms with Crippen molar-refractivity contribution in [3.8, 4) is 11.1 Å². The van der Waals surface area contributed by atoms with Gasteiger partial charge >= 0.3 is 0 Å². The molecule has 0 saturated carbocycles. The monoisotopic (exact) mass is 659 g/mol. The fourth-order valence-electron chi connectivity index (χ4n) is 5.41. The quantitative estimate of drug-likeness (QED) is 0.0571. The molecular formula is C35H41N5O6S. The predicted molar refractivity (Wildman–Crippen MR) is 177 cm³/mol. The summed E-state index contributed by atoms with van der Waals surface area (Å²) in [6.07, 6.45) is 4.14. The van der Waals surface area contributed by atoms with Crippen LogP contribution in [0.2, 0.25) is 0 Å². The molecule has 2 heterocycles. The van der Waals surface area contributed by atoms with Gasteiger partial charge in [-0.2, -0.15) is 0 Å². The summed E-state index contributed by atoms with van der Waals surface area (Å²) >= 11 is 1.60. The summed E-state index contributed by atoms with van der Waals surface area (Å²) in [7, 11) is 1.92. The average Bonchev–Trinajstić information content (AvgIpc) is 3.53. The highest BCUT2D eigenvalue weighted by Crippen LogP contribution is 2.40. The Bertz CT molecular complexity index is 1610. The van der Waals surface area contributed by atoms with Crippen LogP contribution >= 0.6 is 11.8 Å². The summed E-state index contributed by atoms with van der Waals surface area (Å²) in [6.45, 7) is 0.402. The maximum atomic E-state index is 12.4. The molecule has 5 rings (SSSR count). The third-order valence-corrected chi connectivity index (χ3v) is 9.19. The SMILES string of the molecule is Cn1cnnc1SC[C@H]1C[C@@H](c2ccc(CO)cc2)O[C@@H](c2cccc(-c3cccc(CNC(=O)CCCCCC(=O)NO)c3)c2)O1. The van der Waals surface area contributed by atoms with Crippen molar-refractivity contribution in [1.82, 2.24) is 25.6 Å². The predicted octanol–water partition coefficient (Wildman–Crippen LogP) is 5.38. The molecule has 47 heavy (non-hydrogen) atoms. The number of amides is 2. The molecule has 3 atom stereocenters. The van der Waals surface area contributed by atoms with E-state index in [9.17, 15) is 14.7 Å². The minimum Gasteiger partial charge on any atom is -0.392 e. The van der Waals surface area contributed by atoms with Gasteiger partial charge in [-0.3, -0.25) is 14.8 Å². The Hall–Kier alpha value is -4.07. The summed E-state index contributed by atoms with van der Waals surface area (Å²) in [5.41, 5.74) is 7.42. The molecule has 11 nitrogen and oxygen atoms in total. The molecule has 2 amide bonds. The molecule has 1 fully saturated rings. The van der Waals surface area contributed by atoms with Crippen molar-refractivity contribution in [3.63, 3.8) is 0 Å². The Morgan fingerprint density at radius 1 is 0.915 bits per heavy atom. The first kappa shape index (κ1) is 34.3. The lowest BCUT2D eigenvalue weighted by atomic mass is 9.99. The van der Waals surface area contributed by atoms with Crippen LogP contribution < -0.4 is 10.8 Å². The lowest BCUT2D eigenvalue weighted by Gasteiger charge is -2.36. The molecule has 0 radical (unpaired) electrons. The number of aromatic nitrogens is 3. The third kappa shape index (κ3) is 9.96. The molecular weight excluding hydrogens is 618 g/mol. The molecule has 248 valence electrons. The van der Waals surface area contributed by atoms with Crippen LogP contribution in [0.4, 0.5) is 0 Å². The number of nitrogens with one attached hydrogen (secondary N) is 2. The third-order valence-electron chi connectivity index (χ3n) is 8.02. The number of benzene rings is 3. The molecule has 0 bridgehead atoms. The van der Waals surface area contributed by atoms with Gasteiger partial charge in [0.05, 0.1) is 18.8 Å². The molecule has 0 aliphatic carbocycles. The van der Waals surface area contributed by atoms with E-state index < -0.39 is 12.2 Å². The van der Waals surface area contributed by atoms with E-state index in [0.29, 0.717) is 38.0 Å². The van der Waals surface area contributed by atoms with Crippen LogP contribution in [0.1, 0.15) is 73.2 Å². The number of rotatable bonds is 15. The number of hydrogen-bond donors (Lipinski definition) is 4. The number of unbranched alkanes of at least 4 members (excludes halogenated alkanes) is 2. The van der Waals surface area contributed by atoms with Crippen molar-refractivity contribution in [3.05, 3.63) is 101 Å². The fourth-order valence-corrected chi connectivity index (χ4v) is 6.32. The van der Waals surface area contributed by atoms with Gasteiger partial charge in [-0.1, -0.05) is 78.8 Å². The van der Waals surface area contributed by atoms with Crippen LogP contribution in [0.5, 0.6) is 0 Å². The molecule has 0 unspecified atom stereocenters. The fraction of sp³-hybridized carbons (Fsp3) is 0.371. The van der Waals surface area contributed by atoms with Crippen molar-refractivity contribution in [2.75, 3.05) is 5.75 Å². The second-order valence-corrected chi connectivity index (χ2v) is 12.6. The average molecular weight is 660 g/mol. The van der Waals surface area contributed by atoms with E-state index in [0.717, 1.165) is 45.0 Å². The van der Waals surface area contributed by atoms with E-state index >= 15 is 0 Å². The molecule has 3 aromatic carbocycles. The van der Waals surface area contributed by atoms with Crippen LogP contribution in [-0.4, -0.2) is 48.7 Å². The normalized spacial score (nSPS) is 17.7. The Morgan fingerprint density at radius 2 is 1.66 bits per heavy atom. The van der Waals surface area contributed by atoms with Crippen molar-refractivity contribution < 1.29 is 29.4 Å². The molecule has 0 spiro atoms. The van der Waals surface area contributed by atoms with E-state index in [2.05, 4.69) is 27.6 Å². The lowest BCUT2D eigenvalue weighted by molar-refractivity contribution is -0.245. The second-order valence-electron chi connectivity index (χ2n) is 11.6. The summed E-state index contributed by atoms with van der Waals surface area (Å²) in [5.74, 6) is 0.236. The van der Waals surface area contributed by atoms with Crippen LogP contribution in [0.3, 0.4) is 0 Å². The summed E-state index contributed by atoms with van der Waals surface area (Å²) in [5, 5.41) is 30.1. The topological polar surface area (TPSA) is 148 Å². The van der Waals surface area contributed by atoms with E-state index in [-0.39, 0.29) is 31.1 Å². The van der Waals surface area contributed by atoms with Gasteiger partial charge in [0.15, 0.2) is 11.4 Å². The Kier molecular flexibility index (Phi) is 12.5. The Morgan fingerprint density at radius 3 is 2.38 bits per heavy atom. The first-order valence-electron chi connectivity index (χ1n) is 15.8. The Balaban J connectivity index is 1.24. The van der Waals surface area contributed by atoms with E-state index in [4.69, 9.17) is 14.7 Å². The van der Waals surface area contributed by atoms with Gasteiger partial charge in [0.1, 0.15) is 6.33 Å². The van der Waals surface area contributed by atoms with Crippen LogP contribution in [-0.2, 0) is 39.3 Å². The highest BCUT2D eigenvalue weighted by Gasteiger charge is 2.32. The Labute approximate surface area is 278 Å². The number of carbonyl (C=O) groups is 2. The van der Waals surface area contributed by atoms with Gasteiger partial charge in [-0.15, -0.1) is 10.2 Å². The highest BCUT2D eigenvalue weighted by molar-refractivity contribution is 7.99. The molecule has 4 N–H and O–H groups in total. The molecule has 4 aromatic rings. The van der Waals surface area contributed by atoms with E-state index in [1.54, 1.807) is 23.6 Å². The zero-order chi connectivity index (χ0) is 33.0. The number of hydroxylamine groups is 1. The number of nitrogens with zero attached hydrogens (tertiary/aromatic N) is 3. The zero-order valence-electron chi connectivity index (χ0n) is 26.4. The first-order chi connectivity index (χ1) is 22.9. The molecule has 1 aliphatic rings. The van der Waals surface area contributed by atoms with Crippen LogP contribution in [0.15, 0.2) is 84.3 Å². The van der Waals surface area contributed by atoms with Gasteiger partial charge in [-0.25, -0.2) is 5.48 Å². The number of aryl methyl sites for hydroxylation is 1. The standard InChI is InChI=1S/C35H41N5O6S/c1-40-23-37-38-35(40)47-22-30-19-31(26-15-13-24(21-41)14-16-26)46-34(45-30)29-10-6-9-28(18-29)27-8-5-7-25(17-27)20-36-32(42)11-3-2-4-12-33(43)39-44/h5-10,13-18,23,30-31,34,41,44H,2-4,11-12,19-22H2,1H3,(H,36,42)(H,39,43)/t30-,31+,34+/m1/s1. The summed E-state index contributed by atoms with van der Waals surface area (Å²) in [4.78, 5) is 23.5. The molecule has 1 saturated heterocycles. The molecule has 1 aromatic heterocycles. The molecule has 1 aliphatic heterocycles. The van der Waals surface area contributed by atoms with E-state index in [1.807, 2.05) is 72.3 Å². The van der Waals surface area contributed by atoms with E-state index in [1.165, 1.54) is 0 Å². The highest BCUT2D eigenvalue weighted by atomic mass is 32.2. The largest absolute Gasteiger partial charge is 0.392 e. The van der Waals surface area contributed by atoms with Gasteiger partial charge in [0.2, 0.25) is 11.8 Å². The second kappa shape index (κ2) is 17.2. The minimum atomic E-state index is -0.586. The number of thioether (sulfide) groups is 1. The molecule has 12 heteroatoms. The minimum absolute atomic E-state index is 0.0100.